The summed E-state index contributed by atoms with van der Waals surface area (Å²) in [5.41, 5.74) is 0. The molecule has 0 aliphatic heterocycles. The molecule has 0 heterocycles. The van der Waals surface area contributed by atoms with Gasteiger partial charge in [-0.15, -0.1) is 0 Å². The third-order valence-electron chi connectivity index (χ3n) is 3.15. The van der Waals surface area contributed by atoms with E-state index in [4.69, 9.17) is 0 Å². The van der Waals surface area contributed by atoms with E-state index in [1.54, 1.807) is 0 Å². The van der Waals surface area contributed by atoms with E-state index in [0.29, 0.717) is 0 Å². The molecule has 0 aliphatic carbocycles. The molecule has 0 N–H and O–H groups in total. The molecular weight excluding hydrogens is 265 g/mol. The molecule has 0 atom stereocenters. The molecule has 2 aromatic carbocycles. The Labute approximate surface area is 106 Å². The van der Waals surface area contributed by atoms with Crippen LogP contribution in [0.2, 0.25) is 0 Å². The van der Waals surface area contributed by atoms with Crippen LogP contribution in [0.5, 0.6) is 0 Å². The Bertz CT molecular complexity index is 450. The maximum atomic E-state index is 4.07. The van der Waals surface area contributed by atoms with E-state index in [1.807, 2.05) is 12.1 Å². The van der Waals surface area contributed by atoms with Gasteiger partial charge in [-0.05, 0) is 0 Å². The van der Waals surface area contributed by atoms with Gasteiger partial charge in [-0.1, -0.05) is 0 Å². The van der Waals surface area contributed by atoms with Crippen molar-refractivity contribution < 1.29 is 0 Å². The molecular formula is C16H16Ge. The van der Waals surface area contributed by atoms with Crippen LogP contribution >= 0.6 is 0 Å². The Morgan fingerprint density at radius 2 is 1.00 bits per heavy atom. The average Bonchev–Trinajstić information content (AvgIpc) is 2.43. The van der Waals surface area contributed by atoms with Crippen molar-refractivity contribution in [2.24, 2.45) is 0 Å². The van der Waals surface area contributed by atoms with E-state index in [2.05, 4.69) is 71.5 Å². The number of hydrogen-bond donors (Lipinski definition) is 0. The van der Waals surface area contributed by atoms with Crippen LogP contribution in [-0.2, 0) is 0 Å². The van der Waals surface area contributed by atoms with Crippen LogP contribution in [0.1, 0.15) is 0 Å². The molecule has 0 saturated heterocycles. The molecule has 84 valence electrons. The summed E-state index contributed by atoms with van der Waals surface area (Å²) in [4.78, 5) is 4.27. The first-order valence-corrected chi connectivity index (χ1v) is 10.2. The van der Waals surface area contributed by atoms with Crippen molar-refractivity contribution >= 4 is 22.1 Å². The fourth-order valence-electron chi connectivity index (χ4n) is 2.15. The third-order valence-corrected chi connectivity index (χ3v) is 11.3. The molecule has 0 fully saturated rings. The van der Waals surface area contributed by atoms with Crippen molar-refractivity contribution in [2.45, 2.75) is 0 Å². The predicted octanol–water partition coefficient (Wildman–Crippen LogP) is 2.70. The van der Waals surface area contributed by atoms with Gasteiger partial charge in [0.2, 0.25) is 0 Å². The van der Waals surface area contributed by atoms with E-state index < -0.39 is 13.3 Å². The summed E-state index contributed by atoms with van der Waals surface area (Å²) >= 11 is -2.55. The van der Waals surface area contributed by atoms with Crippen LogP contribution in [0, 0.1) is 0 Å². The van der Waals surface area contributed by atoms with Crippen LogP contribution in [0.25, 0.3) is 0 Å². The van der Waals surface area contributed by atoms with Gasteiger partial charge in [0.05, 0.1) is 0 Å². The second-order valence-electron chi connectivity index (χ2n) is 4.01. The number of rotatable bonds is 4. The van der Waals surface area contributed by atoms with Crippen molar-refractivity contribution in [3.63, 3.8) is 0 Å². The molecule has 0 amide bonds. The molecule has 2 rings (SSSR count). The summed E-state index contributed by atoms with van der Waals surface area (Å²) < 4.78 is 2.76. The van der Waals surface area contributed by atoms with Gasteiger partial charge in [-0.25, -0.2) is 0 Å². The zero-order chi connectivity index (χ0) is 12.1. The first-order valence-electron chi connectivity index (χ1n) is 5.72. The second-order valence-corrected chi connectivity index (χ2v) is 11.8. The molecule has 0 spiro atoms. The van der Waals surface area contributed by atoms with Gasteiger partial charge in [0.15, 0.2) is 0 Å². The first-order chi connectivity index (χ1) is 8.33. The Balaban J connectivity index is 2.62. The van der Waals surface area contributed by atoms with Crippen molar-refractivity contribution in [1.29, 1.82) is 0 Å². The zero-order valence-corrected chi connectivity index (χ0v) is 11.9. The molecule has 0 unspecified atom stereocenters. The molecule has 0 aromatic heterocycles. The Hall–Kier alpha value is -1.54. The van der Waals surface area contributed by atoms with Gasteiger partial charge in [-0.3, -0.25) is 0 Å². The van der Waals surface area contributed by atoms with E-state index in [1.165, 1.54) is 8.79 Å². The first kappa shape index (κ1) is 11.9. The van der Waals surface area contributed by atoms with Crippen molar-refractivity contribution in [3.05, 3.63) is 83.6 Å². The minimum atomic E-state index is -2.55. The minimum absolute atomic E-state index is 1.38. The second kappa shape index (κ2) is 5.20. The van der Waals surface area contributed by atoms with E-state index >= 15 is 0 Å². The van der Waals surface area contributed by atoms with Crippen molar-refractivity contribution in [1.82, 2.24) is 0 Å². The average molecular weight is 281 g/mol. The maximum absolute atomic E-state index is 4.07. The third kappa shape index (κ3) is 2.13. The SMILES string of the molecule is C=[CH][Ge]([CH]=C)([c]1ccccc1)[c]1ccccc1. The fraction of sp³-hybridized carbons (Fsp3) is 0. The molecule has 0 aliphatic rings. The fourth-order valence-corrected chi connectivity index (χ4v) is 8.30. The Kier molecular flexibility index (Phi) is 3.65. The van der Waals surface area contributed by atoms with Crippen LogP contribution < -0.4 is 8.79 Å². The van der Waals surface area contributed by atoms with E-state index in [-0.39, 0.29) is 0 Å². The zero-order valence-electron chi connectivity index (χ0n) is 9.84. The van der Waals surface area contributed by atoms with Crippen LogP contribution in [0.4, 0.5) is 0 Å². The van der Waals surface area contributed by atoms with Gasteiger partial charge in [-0.2, -0.15) is 0 Å². The summed E-state index contributed by atoms with van der Waals surface area (Å²) in [6.45, 7) is 8.14. The van der Waals surface area contributed by atoms with Gasteiger partial charge >= 0.3 is 106 Å². The van der Waals surface area contributed by atoms with E-state index in [9.17, 15) is 0 Å². The normalized spacial score (nSPS) is 10.8. The van der Waals surface area contributed by atoms with Crippen molar-refractivity contribution in [3.8, 4) is 0 Å². The van der Waals surface area contributed by atoms with Crippen LogP contribution in [0.3, 0.4) is 0 Å². The van der Waals surface area contributed by atoms with Gasteiger partial charge in [0.25, 0.3) is 0 Å². The van der Waals surface area contributed by atoms with Crippen molar-refractivity contribution in [2.75, 3.05) is 0 Å². The van der Waals surface area contributed by atoms with E-state index in [0.717, 1.165) is 0 Å². The van der Waals surface area contributed by atoms with Crippen LogP contribution in [0.15, 0.2) is 83.6 Å². The summed E-state index contributed by atoms with van der Waals surface area (Å²) in [7, 11) is 0. The molecule has 0 bridgehead atoms. The molecule has 0 radical (unpaired) electrons. The van der Waals surface area contributed by atoms with Crippen LogP contribution in [-0.4, -0.2) is 13.3 Å². The molecule has 0 saturated carbocycles. The molecule has 1 heteroatoms. The quantitative estimate of drug-likeness (QED) is 0.756. The monoisotopic (exact) mass is 282 g/mol. The summed E-state index contributed by atoms with van der Waals surface area (Å²) in [5.74, 6) is 0. The summed E-state index contributed by atoms with van der Waals surface area (Å²) in [6, 6.07) is 21.2. The molecule has 17 heavy (non-hydrogen) atoms. The van der Waals surface area contributed by atoms with Gasteiger partial charge in [0, 0.05) is 0 Å². The Morgan fingerprint density at radius 3 is 1.29 bits per heavy atom. The standard InChI is InChI=1S/C16H16Ge/c1-3-17(4-2,15-11-7-5-8-12-15)16-13-9-6-10-14-16/h3-14H,1-2H2. The van der Waals surface area contributed by atoms with Gasteiger partial charge in [0.1, 0.15) is 0 Å². The number of benzene rings is 2. The molecule has 2 aromatic rings. The number of hydrogen-bond acceptors (Lipinski definition) is 0. The summed E-state index contributed by atoms with van der Waals surface area (Å²) in [6.07, 6.45) is 0. The summed E-state index contributed by atoms with van der Waals surface area (Å²) in [5, 5.41) is 0. The topological polar surface area (TPSA) is 0 Å². The van der Waals surface area contributed by atoms with Gasteiger partial charge < -0.3 is 0 Å². The molecule has 0 nitrogen and oxygen atoms in total. The predicted molar refractivity (Wildman–Crippen MR) is 78.3 cm³/mol. The Morgan fingerprint density at radius 1 is 0.647 bits per heavy atom.